The predicted octanol–water partition coefficient (Wildman–Crippen LogP) is 2.57. The summed E-state index contributed by atoms with van der Waals surface area (Å²) in [5.74, 6) is 0.501. The van der Waals surface area contributed by atoms with Crippen LogP contribution in [0.1, 0.15) is 39.2 Å². The second-order valence-corrected chi connectivity index (χ2v) is 12.0. The zero-order chi connectivity index (χ0) is 25.8. The number of cyclic esters (lactones) is 1. The average molecular weight is 520 g/mol. The highest BCUT2D eigenvalue weighted by Gasteiger charge is 2.48. The lowest BCUT2D eigenvalue weighted by atomic mass is 10.0. The van der Waals surface area contributed by atoms with Crippen LogP contribution in [0.25, 0.3) is 11.0 Å². The van der Waals surface area contributed by atoms with E-state index in [1.54, 1.807) is 37.9 Å². The maximum Gasteiger partial charge on any atom is 0.422 e. The van der Waals surface area contributed by atoms with Crippen molar-refractivity contribution >= 4 is 39.1 Å². The molecular weight excluding hydrogens is 490 g/mol. The van der Waals surface area contributed by atoms with Crippen molar-refractivity contribution in [2.24, 2.45) is 11.8 Å². The van der Waals surface area contributed by atoms with E-state index in [2.05, 4.69) is 9.97 Å². The van der Waals surface area contributed by atoms with Gasteiger partial charge in [-0.3, -0.25) is 4.90 Å². The van der Waals surface area contributed by atoms with Crippen LogP contribution in [0.3, 0.4) is 0 Å². The zero-order valence-electron chi connectivity index (χ0n) is 20.6. The lowest BCUT2D eigenvalue weighted by Gasteiger charge is -2.34. The van der Waals surface area contributed by atoms with Gasteiger partial charge < -0.3 is 14.2 Å². The summed E-state index contributed by atoms with van der Waals surface area (Å²) in [6, 6.07) is 3.40. The van der Waals surface area contributed by atoms with Crippen LogP contribution in [0.4, 0.5) is 15.3 Å². The number of amides is 2. The van der Waals surface area contributed by atoms with Gasteiger partial charge in [-0.2, -0.15) is 17.7 Å². The number of nitrogens with one attached hydrogen (secondary N) is 1. The average Bonchev–Trinajstić information content (AvgIpc) is 3.36. The van der Waals surface area contributed by atoms with E-state index in [-0.39, 0.29) is 37.6 Å². The van der Waals surface area contributed by atoms with Gasteiger partial charge in [0.05, 0.1) is 12.8 Å². The number of ether oxygens (including phenoxy) is 3. The maximum absolute atomic E-state index is 13.0. The van der Waals surface area contributed by atoms with E-state index in [0.29, 0.717) is 24.4 Å². The topological polar surface area (TPSA) is 140 Å². The highest BCUT2D eigenvalue weighted by molar-refractivity contribution is 7.87. The molecule has 3 aliphatic rings. The van der Waals surface area contributed by atoms with Crippen LogP contribution in [-0.4, -0.2) is 66.7 Å². The number of hydrogen-bond acceptors (Lipinski definition) is 9. The Bertz CT molecular complexity index is 1310. The predicted molar refractivity (Wildman–Crippen MR) is 129 cm³/mol. The summed E-state index contributed by atoms with van der Waals surface area (Å²) in [4.78, 5) is 35.5. The molecule has 2 aromatic heterocycles. The van der Waals surface area contributed by atoms with E-state index in [1.807, 2.05) is 10.8 Å². The summed E-state index contributed by atoms with van der Waals surface area (Å²) in [5.41, 5.74) is 1.18. The molecule has 1 saturated heterocycles. The summed E-state index contributed by atoms with van der Waals surface area (Å²) in [5, 5.41) is 0.729. The number of aromatic nitrogens is 2. The summed E-state index contributed by atoms with van der Waals surface area (Å²) in [6.45, 7) is 5.62. The van der Waals surface area contributed by atoms with Crippen LogP contribution in [0.2, 0.25) is 0 Å². The highest BCUT2D eigenvalue weighted by Crippen LogP contribution is 2.45. The van der Waals surface area contributed by atoms with Gasteiger partial charge in [-0.25, -0.2) is 19.3 Å². The zero-order valence-corrected chi connectivity index (χ0v) is 21.4. The van der Waals surface area contributed by atoms with Gasteiger partial charge >= 0.3 is 22.4 Å². The number of carbonyl (C=O) groups is 2. The molecule has 0 aromatic carbocycles. The number of carbonyl (C=O) groups excluding carboxylic acids is 2. The third kappa shape index (κ3) is 4.52. The lowest BCUT2D eigenvalue weighted by Crippen LogP contribution is -2.46. The largest absolute Gasteiger partial charge is 0.481 e. The Morgan fingerprint density at radius 3 is 2.53 bits per heavy atom. The number of methoxy groups -OCH3 is 1. The minimum atomic E-state index is -4.04. The normalized spacial score (nSPS) is 24.3. The van der Waals surface area contributed by atoms with E-state index < -0.39 is 28.0 Å². The van der Waals surface area contributed by atoms with Gasteiger partial charge in [0.25, 0.3) is 0 Å². The fraction of sp³-hybridized carbons (Fsp3) is 0.565. The lowest BCUT2D eigenvalue weighted by molar-refractivity contribution is 0.0567. The number of pyridine rings is 2. The molecule has 0 spiro atoms. The van der Waals surface area contributed by atoms with Gasteiger partial charge in [-0.05, 0) is 51.5 Å². The molecule has 5 rings (SSSR count). The molecule has 2 fully saturated rings. The third-order valence-corrected chi connectivity index (χ3v) is 8.16. The molecule has 2 unspecified atom stereocenters. The van der Waals surface area contributed by atoms with Crippen molar-refractivity contribution in [2.75, 3.05) is 25.1 Å². The number of anilines is 1. The fourth-order valence-electron chi connectivity index (χ4n) is 5.32. The van der Waals surface area contributed by atoms with E-state index in [1.165, 1.54) is 11.4 Å². The Kier molecular flexibility index (Phi) is 5.94. The first-order chi connectivity index (χ1) is 16.9. The summed E-state index contributed by atoms with van der Waals surface area (Å²) in [7, 11) is -2.51. The molecule has 36 heavy (non-hydrogen) atoms. The van der Waals surface area contributed by atoms with E-state index in [4.69, 9.17) is 14.2 Å². The van der Waals surface area contributed by atoms with Gasteiger partial charge in [0.15, 0.2) is 5.65 Å². The molecule has 0 radical (unpaired) electrons. The molecule has 1 saturated carbocycles. The molecule has 194 valence electrons. The molecular formula is C23H29N5O7S. The Balaban J connectivity index is 1.34. The minimum Gasteiger partial charge on any atom is -0.481 e. The summed E-state index contributed by atoms with van der Waals surface area (Å²) in [6.07, 6.45) is 1.43. The van der Waals surface area contributed by atoms with E-state index in [9.17, 15) is 18.0 Å². The van der Waals surface area contributed by atoms with Crippen molar-refractivity contribution < 1.29 is 32.2 Å². The van der Waals surface area contributed by atoms with Crippen molar-refractivity contribution in [3.8, 4) is 5.88 Å². The first-order valence-corrected chi connectivity index (χ1v) is 13.2. The van der Waals surface area contributed by atoms with Crippen LogP contribution in [0.15, 0.2) is 18.3 Å². The van der Waals surface area contributed by atoms with Crippen LogP contribution in [-0.2, 0) is 26.3 Å². The molecule has 2 aliphatic heterocycles. The van der Waals surface area contributed by atoms with E-state index >= 15 is 0 Å². The van der Waals surface area contributed by atoms with Crippen molar-refractivity contribution in [2.45, 2.75) is 51.9 Å². The fourth-order valence-corrected chi connectivity index (χ4v) is 6.48. The van der Waals surface area contributed by atoms with Gasteiger partial charge in [-0.1, -0.05) is 0 Å². The van der Waals surface area contributed by atoms with Crippen molar-refractivity contribution in [1.82, 2.24) is 19.0 Å². The summed E-state index contributed by atoms with van der Waals surface area (Å²) >= 11 is 0. The smallest absolute Gasteiger partial charge is 0.422 e. The molecule has 1 N–H and O–H groups in total. The molecule has 2 atom stereocenters. The van der Waals surface area contributed by atoms with Crippen molar-refractivity contribution in [1.29, 1.82) is 0 Å². The maximum atomic E-state index is 13.0. The highest BCUT2D eigenvalue weighted by atomic mass is 32.2. The van der Waals surface area contributed by atoms with Crippen molar-refractivity contribution in [3.63, 3.8) is 0 Å². The second kappa shape index (κ2) is 8.73. The van der Waals surface area contributed by atoms with Gasteiger partial charge in [0, 0.05) is 42.3 Å². The molecule has 4 heterocycles. The van der Waals surface area contributed by atoms with Gasteiger partial charge in [-0.15, -0.1) is 0 Å². The number of nitrogens with zero attached hydrogens (tertiary/aromatic N) is 4. The van der Waals surface area contributed by atoms with Gasteiger partial charge in [0.2, 0.25) is 5.88 Å². The Morgan fingerprint density at radius 1 is 1.19 bits per heavy atom. The van der Waals surface area contributed by atoms with E-state index in [0.717, 1.165) is 16.6 Å². The quantitative estimate of drug-likeness (QED) is 0.645. The first-order valence-electron chi connectivity index (χ1n) is 11.7. The molecule has 0 bridgehead atoms. The monoisotopic (exact) mass is 519 g/mol. The molecule has 12 nitrogen and oxygen atoms in total. The SMILES string of the molecule is COc1ccc2c3c(cnc2n1)COC(=O)N3C1CC2CN(S(=O)(=O)NC(=O)OC(C)(C)C)CC2C1. The Hall–Kier alpha value is -3.19. The molecule has 1 aliphatic carbocycles. The third-order valence-electron chi connectivity index (χ3n) is 6.76. The number of fused-ring (bicyclic) bond motifs is 4. The van der Waals surface area contributed by atoms with Crippen LogP contribution in [0.5, 0.6) is 5.88 Å². The van der Waals surface area contributed by atoms with Crippen LogP contribution < -0.4 is 14.4 Å². The van der Waals surface area contributed by atoms with Crippen LogP contribution >= 0.6 is 0 Å². The molecule has 2 amide bonds. The Labute approximate surface area is 209 Å². The summed E-state index contributed by atoms with van der Waals surface area (Å²) < 4.78 is 44.5. The first kappa shape index (κ1) is 24.5. The Morgan fingerprint density at radius 2 is 1.89 bits per heavy atom. The second-order valence-electron chi connectivity index (χ2n) is 10.4. The minimum absolute atomic E-state index is 0.0368. The standard InChI is InChI=1S/C23H29N5O7S/c1-23(2,3)35-21(29)26-36(31,32)27-10-13-7-16(8-14(13)11-27)28-19-15(12-34-22(28)30)9-24-20-17(19)5-6-18(25-20)33-4/h5-6,9,13-14,16H,7-8,10-12H2,1-4H3,(H,26,29). The molecule has 2 aromatic rings. The molecule has 13 heteroatoms. The van der Waals surface area contributed by atoms with Gasteiger partial charge in [0.1, 0.15) is 12.2 Å². The van der Waals surface area contributed by atoms with Crippen LogP contribution in [0, 0.1) is 11.8 Å². The van der Waals surface area contributed by atoms with Crippen molar-refractivity contribution in [3.05, 3.63) is 23.9 Å². The number of hydrogen-bond donors (Lipinski definition) is 1. The number of rotatable bonds is 4.